The Kier molecular flexibility index (Phi) is 6.13. The molecule has 0 aliphatic rings. The van der Waals surface area contributed by atoms with E-state index in [1.54, 1.807) is 6.26 Å². The molecule has 0 fully saturated rings. The topological polar surface area (TPSA) is 69.3 Å². The molecule has 0 bridgehead atoms. The van der Waals surface area contributed by atoms with Crippen molar-refractivity contribution in [2.75, 3.05) is 0 Å². The highest BCUT2D eigenvalue weighted by molar-refractivity contribution is 5.81. The van der Waals surface area contributed by atoms with Gasteiger partial charge in [0.1, 0.15) is 30.5 Å². The number of para-hydroxylation sites is 3. The predicted molar refractivity (Wildman–Crippen MR) is 115 cm³/mol. The van der Waals surface area contributed by atoms with Crippen molar-refractivity contribution in [1.29, 1.82) is 0 Å². The van der Waals surface area contributed by atoms with Gasteiger partial charge in [0.15, 0.2) is 0 Å². The smallest absolute Gasteiger partial charge is 0.240 e. The van der Waals surface area contributed by atoms with Gasteiger partial charge in [-0.15, -0.1) is 0 Å². The number of carbonyl (C=O) groups excluding carboxylic acids is 1. The summed E-state index contributed by atoms with van der Waals surface area (Å²) in [5.41, 5.74) is 1.77. The monoisotopic (exact) mass is 403 g/mol. The lowest BCUT2D eigenvalue weighted by molar-refractivity contribution is -0.122. The van der Waals surface area contributed by atoms with E-state index in [2.05, 4.69) is 10.3 Å². The molecule has 1 amide bonds. The molecule has 6 nitrogen and oxygen atoms in total. The Labute approximate surface area is 175 Å². The molecule has 2 aromatic heterocycles. The Bertz CT molecular complexity index is 1090. The lowest BCUT2D eigenvalue weighted by Gasteiger charge is -2.15. The number of furan rings is 1. The van der Waals surface area contributed by atoms with Crippen molar-refractivity contribution in [3.8, 4) is 5.75 Å². The normalized spacial score (nSPS) is 12.0. The lowest BCUT2D eigenvalue weighted by atomic mass is 10.1. The molecule has 154 valence electrons. The highest BCUT2D eigenvalue weighted by Crippen LogP contribution is 2.18. The number of amides is 1. The van der Waals surface area contributed by atoms with Crippen molar-refractivity contribution in [1.82, 2.24) is 14.9 Å². The van der Waals surface area contributed by atoms with Crippen molar-refractivity contribution in [2.24, 2.45) is 0 Å². The summed E-state index contributed by atoms with van der Waals surface area (Å²) in [6.07, 6.45) is 3.27. The molecular formula is C24H25N3O3. The minimum Gasteiger partial charge on any atom is -0.486 e. The molecule has 0 saturated heterocycles. The van der Waals surface area contributed by atoms with Crippen LogP contribution in [-0.4, -0.2) is 21.5 Å². The van der Waals surface area contributed by atoms with E-state index in [1.165, 1.54) is 0 Å². The molecule has 0 spiro atoms. The molecule has 4 aromatic rings. The van der Waals surface area contributed by atoms with Crippen molar-refractivity contribution in [3.05, 3.63) is 84.6 Å². The molecule has 1 atom stereocenters. The van der Waals surface area contributed by atoms with Crippen LogP contribution in [0.1, 0.15) is 24.9 Å². The summed E-state index contributed by atoms with van der Waals surface area (Å²) in [7, 11) is 0. The maximum Gasteiger partial charge on any atom is 0.240 e. The number of fused-ring (bicyclic) bond motifs is 1. The van der Waals surface area contributed by atoms with Gasteiger partial charge in [0.2, 0.25) is 5.91 Å². The minimum absolute atomic E-state index is 0.0430. The van der Waals surface area contributed by atoms with E-state index >= 15 is 0 Å². The van der Waals surface area contributed by atoms with Crippen LogP contribution in [0.3, 0.4) is 0 Å². The van der Waals surface area contributed by atoms with Crippen LogP contribution in [0.5, 0.6) is 5.75 Å². The van der Waals surface area contributed by atoms with E-state index in [4.69, 9.17) is 9.15 Å². The molecule has 6 heteroatoms. The molecule has 4 rings (SSSR count). The Morgan fingerprint density at radius 3 is 2.70 bits per heavy atom. The number of benzene rings is 2. The molecule has 30 heavy (non-hydrogen) atoms. The highest BCUT2D eigenvalue weighted by atomic mass is 16.5. The fraction of sp³-hybridized carbons (Fsp3) is 0.250. The number of hydrogen-bond acceptors (Lipinski definition) is 4. The fourth-order valence-electron chi connectivity index (χ4n) is 3.43. The number of aromatic nitrogens is 2. The van der Waals surface area contributed by atoms with Crippen LogP contribution < -0.4 is 10.1 Å². The molecule has 0 radical (unpaired) electrons. The fourth-order valence-corrected chi connectivity index (χ4v) is 3.43. The summed E-state index contributed by atoms with van der Waals surface area (Å²) >= 11 is 0. The second-order valence-corrected chi connectivity index (χ2v) is 7.29. The van der Waals surface area contributed by atoms with Crippen LogP contribution in [-0.2, 0) is 24.4 Å². The second-order valence-electron chi connectivity index (χ2n) is 7.29. The molecule has 0 aliphatic heterocycles. The first-order valence-corrected chi connectivity index (χ1v) is 10.1. The summed E-state index contributed by atoms with van der Waals surface area (Å²) in [4.78, 5) is 17.4. The van der Waals surface area contributed by atoms with Gasteiger partial charge in [0, 0.05) is 12.5 Å². The number of hydrogen-bond donors (Lipinski definition) is 1. The molecule has 0 saturated carbocycles. The summed E-state index contributed by atoms with van der Waals surface area (Å²) in [5.74, 6) is 2.37. The van der Waals surface area contributed by atoms with Gasteiger partial charge in [-0.1, -0.05) is 30.3 Å². The summed E-state index contributed by atoms with van der Waals surface area (Å²) in [5, 5.41) is 3.08. The van der Waals surface area contributed by atoms with Gasteiger partial charge in [-0.2, -0.15) is 0 Å². The Balaban J connectivity index is 1.43. The zero-order chi connectivity index (χ0) is 20.8. The number of carbonyl (C=O) groups is 1. The van der Waals surface area contributed by atoms with E-state index in [0.29, 0.717) is 6.61 Å². The van der Waals surface area contributed by atoms with E-state index in [-0.39, 0.29) is 18.5 Å². The van der Waals surface area contributed by atoms with Crippen LogP contribution in [0, 0.1) is 0 Å². The quantitative estimate of drug-likeness (QED) is 0.451. The summed E-state index contributed by atoms with van der Waals surface area (Å²) < 4.78 is 13.2. The Hall–Kier alpha value is -3.54. The van der Waals surface area contributed by atoms with Crippen molar-refractivity contribution in [3.63, 3.8) is 0 Å². The first kappa shape index (κ1) is 19.8. The van der Waals surface area contributed by atoms with Crippen molar-refractivity contribution in [2.45, 2.75) is 39.0 Å². The largest absolute Gasteiger partial charge is 0.486 e. The molecule has 0 aliphatic carbocycles. The number of imidazole rings is 1. The second kappa shape index (κ2) is 9.31. The average Bonchev–Trinajstić information content (AvgIpc) is 3.40. The Morgan fingerprint density at radius 1 is 1.10 bits per heavy atom. The number of nitrogens with zero attached hydrogens (tertiary/aromatic N) is 2. The van der Waals surface area contributed by atoms with Crippen molar-refractivity contribution >= 4 is 16.9 Å². The number of ether oxygens (including phenoxy) is 1. The van der Waals surface area contributed by atoms with Gasteiger partial charge in [-0.05, 0) is 49.7 Å². The highest BCUT2D eigenvalue weighted by Gasteiger charge is 2.15. The maximum absolute atomic E-state index is 12.7. The van der Waals surface area contributed by atoms with E-state index in [9.17, 15) is 4.79 Å². The summed E-state index contributed by atoms with van der Waals surface area (Å²) in [6, 6.07) is 21.3. The number of nitrogens with one attached hydrogen (secondary N) is 1. The lowest BCUT2D eigenvalue weighted by Crippen LogP contribution is -2.35. The zero-order valence-electron chi connectivity index (χ0n) is 17.0. The van der Waals surface area contributed by atoms with Gasteiger partial charge >= 0.3 is 0 Å². The predicted octanol–water partition coefficient (Wildman–Crippen LogP) is 4.35. The van der Waals surface area contributed by atoms with E-state index in [0.717, 1.165) is 41.2 Å². The average molecular weight is 403 g/mol. The van der Waals surface area contributed by atoms with Crippen LogP contribution in [0.15, 0.2) is 77.4 Å². The third kappa shape index (κ3) is 4.89. The number of aryl methyl sites for hydroxylation is 1. The first-order chi connectivity index (χ1) is 14.7. The van der Waals surface area contributed by atoms with Crippen LogP contribution >= 0.6 is 0 Å². The summed E-state index contributed by atoms with van der Waals surface area (Å²) in [6.45, 7) is 2.49. The Morgan fingerprint density at radius 2 is 1.90 bits per heavy atom. The van der Waals surface area contributed by atoms with Crippen LogP contribution in [0.25, 0.3) is 11.0 Å². The van der Waals surface area contributed by atoms with E-state index in [1.807, 2.05) is 78.2 Å². The van der Waals surface area contributed by atoms with E-state index < -0.39 is 0 Å². The molecular weight excluding hydrogens is 378 g/mol. The van der Waals surface area contributed by atoms with Crippen molar-refractivity contribution < 1.29 is 13.9 Å². The molecule has 2 heterocycles. The van der Waals surface area contributed by atoms with Gasteiger partial charge < -0.3 is 19.0 Å². The van der Waals surface area contributed by atoms with Gasteiger partial charge in [-0.25, -0.2) is 4.98 Å². The van der Waals surface area contributed by atoms with Gasteiger partial charge in [0.05, 0.1) is 17.3 Å². The molecule has 1 N–H and O–H groups in total. The minimum atomic E-state index is -0.0499. The third-order valence-electron chi connectivity index (χ3n) is 4.96. The number of rotatable bonds is 9. The molecule has 1 unspecified atom stereocenters. The SMILES string of the molecule is CC(CCc1ccco1)NC(=O)Cn1c(COc2ccccc2)nc2ccccc21. The van der Waals surface area contributed by atoms with Gasteiger partial charge in [-0.3, -0.25) is 4.79 Å². The third-order valence-corrected chi connectivity index (χ3v) is 4.96. The van der Waals surface area contributed by atoms with Crippen LogP contribution in [0.2, 0.25) is 0 Å². The molecule has 2 aromatic carbocycles. The van der Waals surface area contributed by atoms with Gasteiger partial charge in [0.25, 0.3) is 0 Å². The maximum atomic E-state index is 12.7. The first-order valence-electron chi connectivity index (χ1n) is 10.1. The van der Waals surface area contributed by atoms with Crippen LogP contribution in [0.4, 0.5) is 0 Å². The zero-order valence-corrected chi connectivity index (χ0v) is 17.0. The standard InChI is InChI=1S/C24H25N3O3/c1-18(13-14-20-10-7-15-29-20)25-24(28)16-27-22-12-6-5-11-21(22)26-23(27)17-30-19-8-3-2-4-9-19/h2-12,15,18H,13-14,16-17H2,1H3,(H,25,28).